The molecule has 0 aliphatic heterocycles. The molecule has 0 unspecified atom stereocenters. The fourth-order valence-corrected chi connectivity index (χ4v) is 3.77. The second kappa shape index (κ2) is 6.60. The first-order valence-electron chi connectivity index (χ1n) is 7.30. The molecule has 2 aromatic carbocycles. The molecule has 0 radical (unpaired) electrons. The SMILES string of the molecule is O=S(=O)(Nc1ccc(OC(F)F)cc1)C1=Cc2ccccc2CC1. The Hall–Kier alpha value is -2.41. The number of sulfonamides is 1. The van der Waals surface area contributed by atoms with Crippen LogP contribution in [0.25, 0.3) is 6.08 Å². The molecular formula is C17H15F2NO3S. The minimum Gasteiger partial charge on any atom is -0.435 e. The number of rotatable bonds is 5. The summed E-state index contributed by atoms with van der Waals surface area (Å²) in [7, 11) is -3.69. The van der Waals surface area contributed by atoms with Gasteiger partial charge in [0.05, 0.1) is 4.91 Å². The van der Waals surface area contributed by atoms with Gasteiger partial charge >= 0.3 is 6.61 Å². The van der Waals surface area contributed by atoms with Crippen LogP contribution in [-0.2, 0) is 16.4 Å². The molecule has 7 heteroatoms. The van der Waals surface area contributed by atoms with Crippen LogP contribution in [0.1, 0.15) is 17.5 Å². The molecule has 4 nitrogen and oxygen atoms in total. The van der Waals surface area contributed by atoms with Crippen molar-refractivity contribution in [1.29, 1.82) is 0 Å². The van der Waals surface area contributed by atoms with Gasteiger partial charge in [0.1, 0.15) is 5.75 Å². The molecule has 1 aliphatic carbocycles. The zero-order chi connectivity index (χ0) is 17.2. The molecule has 1 aliphatic rings. The predicted octanol–water partition coefficient (Wildman–Crippen LogP) is 4.02. The Morgan fingerprint density at radius 1 is 1.00 bits per heavy atom. The minimum atomic E-state index is -3.69. The molecule has 24 heavy (non-hydrogen) atoms. The maximum atomic E-state index is 12.5. The third kappa shape index (κ3) is 3.73. The lowest BCUT2D eigenvalue weighted by molar-refractivity contribution is -0.0498. The molecule has 0 heterocycles. The van der Waals surface area contributed by atoms with Crippen molar-refractivity contribution < 1.29 is 21.9 Å². The maximum Gasteiger partial charge on any atom is 0.387 e. The molecule has 0 atom stereocenters. The van der Waals surface area contributed by atoms with Crippen molar-refractivity contribution in [2.75, 3.05) is 4.72 Å². The Balaban J connectivity index is 1.78. The van der Waals surface area contributed by atoms with Crippen molar-refractivity contribution in [2.24, 2.45) is 0 Å². The Morgan fingerprint density at radius 3 is 2.42 bits per heavy atom. The van der Waals surface area contributed by atoms with Gasteiger partial charge in [-0.25, -0.2) is 8.42 Å². The number of benzene rings is 2. The molecular weight excluding hydrogens is 336 g/mol. The molecule has 0 saturated heterocycles. The lowest BCUT2D eigenvalue weighted by Crippen LogP contribution is -2.17. The number of anilines is 1. The number of fused-ring (bicyclic) bond motifs is 1. The summed E-state index contributed by atoms with van der Waals surface area (Å²) in [5, 5.41) is 0. The molecule has 3 rings (SSSR count). The van der Waals surface area contributed by atoms with Gasteiger partial charge in [0, 0.05) is 5.69 Å². The van der Waals surface area contributed by atoms with Crippen LogP contribution in [0, 0.1) is 0 Å². The lowest BCUT2D eigenvalue weighted by Gasteiger charge is -2.17. The molecule has 1 N–H and O–H groups in total. The van der Waals surface area contributed by atoms with Gasteiger partial charge in [-0.15, -0.1) is 0 Å². The summed E-state index contributed by atoms with van der Waals surface area (Å²) < 4.78 is 55.9. The van der Waals surface area contributed by atoms with E-state index in [9.17, 15) is 17.2 Å². The quantitative estimate of drug-likeness (QED) is 0.885. The third-order valence-corrected chi connectivity index (χ3v) is 5.21. The highest BCUT2D eigenvalue weighted by Crippen LogP contribution is 2.28. The van der Waals surface area contributed by atoms with E-state index in [2.05, 4.69) is 9.46 Å². The average molecular weight is 351 g/mol. The fourth-order valence-electron chi connectivity index (χ4n) is 2.54. The van der Waals surface area contributed by atoms with E-state index in [-0.39, 0.29) is 11.4 Å². The molecule has 0 bridgehead atoms. The van der Waals surface area contributed by atoms with Crippen LogP contribution in [0.4, 0.5) is 14.5 Å². The smallest absolute Gasteiger partial charge is 0.387 e. The summed E-state index contributed by atoms with van der Waals surface area (Å²) in [6.45, 7) is -2.92. The monoisotopic (exact) mass is 351 g/mol. The van der Waals surface area contributed by atoms with Crippen molar-refractivity contribution in [3.63, 3.8) is 0 Å². The zero-order valence-corrected chi connectivity index (χ0v) is 13.4. The molecule has 0 amide bonds. The van der Waals surface area contributed by atoms with Gasteiger partial charge in [-0.1, -0.05) is 24.3 Å². The topological polar surface area (TPSA) is 55.4 Å². The summed E-state index contributed by atoms with van der Waals surface area (Å²) in [6, 6.07) is 13.0. The molecule has 0 aromatic heterocycles. The van der Waals surface area contributed by atoms with Crippen LogP contribution < -0.4 is 9.46 Å². The van der Waals surface area contributed by atoms with E-state index in [1.165, 1.54) is 24.3 Å². The van der Waals surface area contributed by atoms with Crippen LogP contribution >= 0.6 is 0 Å². The number of hydrogen-bond acceptors (Lipinski definition) is 3. The van der Waals surface area contributed by atoms with E-state index in [0.29, 0.717) is 17.7 Å². The highest BCUT2D eigenvalue weighted by molar-refractivity contribution is 7.96. The summed E-state index contributed by atoms with van der Waals surface area (Å²) in [5.74, 6) is -0.0289. The standard InChI is InChI=1S/C17H15F2NO3S/c18-17(19)23-15-8-6-14(7-9-15)20-24(21,22)16-10-5-12-3-1-2-4-13(12)11-16/h1-4,6-9,11,17,20H,5,10H2. The fraction of sp³-hybridized carbons (Fsp3) is 0.176. The largest absolute Gasteiger partial charge is 0.435 e. The second-order valence-electron chi connectivity index (χ2n) is 5.32. The minimum absolute atomic E-state index is 0.0289. The highest BCUT2D eigenvalue weighted by Gasteiger charge is 2.21. The van der Waals surface area contributed by atoms with Crippen molar-refractivity contribution in [3.8, 4) is 5.75 Å². The number of hydrogen-bond donors (Lipinski definition) is 1. The average Bonchev–Trinajstić information content (AvgIpc) is 2.55. The molecule has 2 aromatic rings. The van der Waals surface area contributed by atoms with E-state index >= 15 is 0 Å². The van der Waals surface area contributed by atoms with Crippen molar-refractivity contribution in [2.45, 2.75) is 19.5 Å². The van der Waals surface area contributed by atoms with Gasteiger partial charge in [-0.3, -0.25) is 4.72 Å². The first kappa shape index (κ1) is 16.4. The first-order chi connectivity index (χ1) is 11.4. The number of aryl methyl sites for hydroxylation is 1. The van der Waals surface area contributed by atoms with Crippen molar-refractivity contribution in [3.05, 3.63) is 64.6 Å². The summed E-state index contributed by atoms with van der Waals surface area (Å²) in [5.41, 5.74) is 2.30. The predicted molar refractivity (Wildman–Crippen MR) is 88.4 cm³/mol. The van der Waals surface area contributed by atoms with Gasteiger partial charge in [-0.05, 0) is 54.3 Å². The number of nitrogens with one attached hydrogen (secondary N) is 1. The molecule has 126 valence electrons. The molecule has 0 spiro atoms. The maximum absolute atomic E-state index is 12.5. The number of alkyl halides is 2. The Morgan fingerprint density at radius 2 is 1.71 bits per heavy atom. The van der Waals surface area contributed by atoms with Gasteiger partial charge in [0.25, 0.3) is 10.0 Å². The van der Waals surface area contributed by atoms with Crippen molar-refractivity contribution >= 4 is 21.8 Å². The first-order valence-corrected chi connectivity index (χ1v) is 8.78. The van der Waals surface area contributed by atoms with Gasteiger partial charge < -0.3 is 4.74 Å². The Kier molecular flexibility index (Phi) is 4.53. The van der Waals surface area contributed by atoms with Crippen LogP contribution in [0.2, 0.25) is 0 Å². The van der Waals surface area contributed by atoms with E-state index in [1.807, 2.05) is 24.3 Å². The van der Waals surface area contributed by atoms with Crippen LogP contribution in [-0.4, -0.2) is 15.0 Å². The van der Waals surface area contributed by atoms with Crippen LogP contribution in [0.3, 0.4) is 0 Å². The van der Waals surface area contributed by atoms with Crippen LogP contribution in [0.15, 0.2) is 53.4 Å². The Bertz CT molecular complexity index is 862. The highest BCUT2D eigenvalue weighted by atomic mass is 32.2. The molecule has 0 saturated carbocycles. The van der Waals surface area contributed by atoms with E-state index in [0.717, 1.165) is 11.1 Å². The van der Waals surface area contributed by atoms with Gasteiger partial charge in [0.2, 0.25) is 0 Å². The number of allylic oxidation sites excluding steroid dienone is 1. The molecule has 0 fully saturated rings. The van der Waals surface area contributed by atoms with Crippen LogP contribution in [0.5, 0.6) is 5.75 Å². The van der Waals surface area contributed by atoms with Crippen molar-refractivity contribution in [1.82, 2.24) is 0 Å². The number of halogens is 2. The van der Waals surface area contributed by atoms with E-state index in [1.54, 1.807) is 6.08 Å². The van der Waals surface area contributed by atoms with E-state index < -0.39 is 16.6 Å². The summed E-state index contributed by atoms with van der Waals surface area (Å²) in [6.07, 6.45) is 2.73. The van der Waals surface area contributed by atoms with Gasteiger partial charge in [-0.2, -0.15) is 8.78 Å². The van der Waals surface area contributed by atoms with Gasteiger partial charge in [0.15, 0.2) is 0 Å². The lowest BCUT2D eigenvalue weighted by atomic mass is 9.98. The zero-order valence-electron chi connectivity index (χ0n) is 12.6. The third-order valence-electron chi connectivity index (χ3n) is 3.69. The number of ether oxygens (including phenoxy) is 1. The summed E-state index contributed by atoms with van der Waals surface area (Å²) >= 11 is 0. The normalized spacial score (nSPS) is 14.0. The van der Waals surface area contributed by atoms with E-state index in [4.69, 9.17) is 0 Å². The second-order valence-corrected chi connectivity index (χ2v) is 7.05. The Labute approximate surface area is 138 Å². The summed E-state index contributed by atoms with van der Waals surface area (Å²) in [4.78, 5) is 0.300.